The first-order chi connectivity index (χ1) is 9.51. The molecule has 114 valence electrons. The van der Waals surface area contributed by atoms with Crippen molar-refractivity contribution in [2.24, 2.45) is 0 Å². The van der Waals surface area contributed by atoms with Gasteiger partial charge in [-0.1, -0.05) is 13.3 Å². The van der Waals surface area contributed by atoms with Crippen LogP contribution in [0.15, 0.2) is 10.9 Å². The molecule has 0 amide bonds. The average Bonchev–Trinajstić information content (AvgIpc) is 2.41. The maximum Gasteiger partial charge on any atom is 0.223 e. The van der Waals surface area contributed by atoms with Crippen LogP contribution < -0.4 is 5.43 Å². The summed E-state index contributed by atoms with van der Waals surface area (Å²) in [5, 5.41) is 10.1. The van der Waals surface area contributed by atoms with E-state index in [1.54, 1.807) is 7.11 Å². The molecular formula is C15H26N2O3. The fourth-order valence-corrected chi connectivity index (χ4v) is 2.24. The Morgan fingerprint density at radius 1 is 1.45 bits per heavy atom. The number of unbranched alkanes of at least 4 members (excludes halogenated alkanes) is 1. The van der Waals surface area contributed by atoms with Gasteiger partial charge >= 0.3 is 0 Å². The Kier molecular flexibility index (Phi) is 6.75. The van der Waals surface area contributed by atoms with Crippen LogP contribution in [0.2, 0.25) is 0 Å². The van der Waals surface area contributed by atoms with E-state index in [0.717, 1.165) is 25.1 Å². The Morgan fingerprint density at radius 3 is 2.75 bits per heavy atom. The van der Waals surface area contributed by atoms with E-state index in [1.807, 2.05) is 18.5 Å². The summed E-state index contributed by atoms with van der Waals surface area (Å²) >= 11 is 0. The van der Waals surface area contributed by atoms with E-state index in [2.05, 4.69) is 11.8 Å². The van der Waals surface area contributed by atoms with E-state index in [1.165, 1.54) is 6.07 Å². The average molecular weight is 282 g/mol. The fourth-order valence-electron chi connectivity index (χ4n) is 2.24. The highest BCUT2D eigenvalue weighted by Crippen LogP contribution is 2.16. The molecule has 5 nitrogen and oxygen atoms in total. The largest absolute Gasteiger partial charge is 0.503 e. The van der Waals surface area contributed by atoms with Gasteiger partial charge in [-0.2, -0.15) is 0 Å². The summed E-state index contributed by atoms with van der Waals surface area (Å²) in [7, 11) is 3.65. The smallest absolute Gasteiger partial charge is 0.223 e. The monoisotopic (exact) mass is 282 g/mol. The Morgan fingerprint density at radius 2 is 2.15 bits per heavy atom. The first-order valence-electron chi connectivity index (χ1n) is 7.11. The third-order valence-electron chi connectivity index (χ3n) is 3.43. The van der Waals surface area contributed by atoms with Crippen LogP contribution in [-0.2, 0) is 17.8 Å². The van der Waals surface area contributed by atoms with Crippen molar-refractivity contribution < 1.29 is 9.84 Å². The summed E-state index contributed by atoms with van der Waals surface area (Å²) in [4.78, 5) is 13.9. The fraction of sp³-hybridized carbons (Fsp3) is 0.667. The van der Waals surface area contributed by atoms with Crippen molar-refractivity contribution in [2.45, 2.75) is 39.8 Å². The van der Waals surface area contributed by atoms with Gasteiger partial charge in [0, 0.05) is 32.0 Å². The number of aromatic nitrogens is 1. The van der Waals surface area contributed by atoms with Crippen LogP contribution in [0.5, 0.6) is 5.75 Å². The highest BCUT2D eigenvalue weighted by Gasteiger charge is 2.14. The van der Waals surface area contributed by atoms with E-state index in [9.17, 15) is 9.90 Å². The number of aromatic hydroxyl groups is 1. The summed E-state index contributed by atoms with van der Waals surface area (Å²) in [6.07, 6.45) is 2.23. The topological polar surface area (TPSA) is 54.7 Å². The molecule has 1 heterocycles. The summed E-state index contributed by atoms with van der Waals surface area (Å²) < 4.78 is 7.06. The van der Waals surface area contributed by atoms with E-state index in [0.29, 0.717) is 25.4 Å². The highest BCUT2D eigenvalue weighted by atomic mass is 16.5. The normalized spacial score (nSPS) is 11.2. The Balaban J connectivity index is 3.03. The van der Waals surface area contributed by atoms with Crippen LogP contribution in [0, 0.1) is 6.92 Å². The van der Waals surface area contributed by atoms with Crippen LogP contribution in [0.3, 0.4) is 0 Å². The second kappa shape index (κ2) is 8.07. The molecule has 1 aromatic heterocycles. The minimum atomic E-state index is -0.310. The Hall–Kier alpha value is -1.33. The number of rotatable bonds is 8. The van der Waals surface area contributed by atoms with Crippen molar-refractivity contribution in [3.8, 4) is 5.75 Å². The van der Waals surface area contributed by atoms with E-state index >= 15 is 0 Å². The first-order valence-corrected chi connectivity index (χ1v) is 7.11. The van der Waals surface area contributed by atoms with Gasteiger partial charge in [0.2, 0.25) is 5.43 Å². The molecule has 0 saturated carbocycles. The lowest BCUT2D eigenvalue weighted by molar-refractivity contribution is 0.183. The lowest BCUT2D eigenvalue weighted by atomic mass is 10.2. The van der Waals surface area contributed by atoms with E-state index in [4.69, 9.17) is 4.74 Å². The van der Waals surface area contributed by atoms with Crippen molar-refractivity contribution in [2.75, 3.05) is 27.3 Å². The maximum absolute atomic E-state index is 11.8. The quantitative estimate of drug-likeness (QED) is 0.789. The number of methoxy groups -OCH3 is 1. The summed E-state index contributed by atoms with van der Waals surface area (Å²) in [5.41, 5.74) is 1.21. The molecule has 0 saturated heterocycles. The lowest BCUT2D eigenvalue weighted by Crippen LogP contribution is -2.25. The molecule has 0 fully saturated rings. The van der Waals surface area contributed by atoms with E-state index in [-0.39, 0.29) is 11.2 Å². The lowest BCUT2D eigenvalue weighted by Gasteiger charge is -2.22. The number of nitrogens with zero attached hydrogens (tertiary/aromatic N) is 2. The third kappa shape index (κ3) is 4.35. The molecule has 1 rings (SSSR count). The number of ether oxygens (including phenoxy) is 1. The van der Waals surface area contributed by atoms with Gasteiger partial charge in [0.05, 0.1) is 12.3 Å². The molecule has 1 aromatic rings. The van der Waals surface area contributed by atoms with Crippen molar-refractivity contribution in [1.82, 2.24) is 9.47 Å². The van der Waals surface area contributed by atoms with Crippen molar-refractivity contribution in [3.63, 3.8) is 0 Å². The summed E-state index contributed by atoms with van der Waals surface area (Å²) in [5.74, 6) is -0.143. The molecule has 0 atom stereocenters. The molecule has 0 spiro atoms. The maximum atomic E-state index is 11.8. The minimum absolute atomic E-state index is 0.143. The minimum Gasteiger partial charge on any atom is -0.503 e. The molecule has 0 bridgehead atoms. The number of pyridine rings is 1. The van der Waals surface area contributed by atoms with Crippen LogP contribution in [-0.4, -0.2) is 41.9 Å². The zero-order valence-corrected chi connectivity index (χ0v) is 13.0. The van der Waals surface area contributed by atoms with Crippen molar-refractivity contribution >= 4 is 0 Å². The SMILES string of the molecule is CCCCN(C)Cc1c(O)c(=O)cc(C)n1CCOC. The molecule has 0 aliphatic heterocycles. The number of hydrogen-bond donors (Lipinski definition) is 1. The van der Waals surface area contributed by atoms with Crippen LogP contribution in [0.4, 0.5) is 0 Å². The Bertz CT molecular complexity index is 483. The molecule has 1 N–H and O–H groups in total. The number of hydrogen-bond acceptors (Lipinski definition) is 4. The molecular weight excluding hydrogens is 256 g/mol. The van der Waals surface area contributed by atoms with Crippen molar-refractivity contribution in [3.05, 3.63) is 27.7 Å². The molecule has 0 radical (unpaired) electrons. The predicted molar refractivity (Wildman–Crippen MR) is 80.2 cm³/mol. The van der Waals surface area contributed by atoms with Gasteiger partial charge < -0.3 is 19.3 Å². The zero-order chi connectivity index (χ0) is 15.1. The predicted octanol–water partition coefficient (Wildman–Crippen LogP) is 1.74. The number of aryl methyl sites for hydroxylation is 1. The van der Waals surface area contributed by atoms with Gasteiger partial charge in [-0.25, -0.2) is 0 Å². The molecule has 0 aromatic carbocycles. The second-order valence-electron chi connectivity index (χ2n) is 5.18. The second-order valence-corrected chi connectivity index (χ2v) is 5.18. The van der Waals surface area contributed by atoms with Gasteiger partial charge in [-0.3, -0.25) is 4.79 Å². The standard InChI is InChI=1S/C15H26N2O3/c1-5-6-7-16(3)11-13-15(19)14(18)10-12(2)17(13)8-9-20-4/h10,19H,5-9,11H2,1-4H3. The summed E-state index contributed by atoms with van der Waals surface area (Å²) in [6, 6.07) is 1.47. The van der Waals surface area contributed by atoms with E-state index < -0.39 is 0 Å². The highest BCUT2D eigenvalue weighted by molar-refractivity contribution is 5.29. The zero-order valence-electron chi connectivity index (χ0n) is 13.0. The van der Waals surface area contributed by atoms with Gasteiger partial charge in [-0.05, 0) is 26.9 Å². The molecule has 0 unspecified atom stereocenters. The molecule has 20 heavy (non-hydrogen) atoms. The van der Waals surface area contributed by atoms with Gasteiger partial charge in [0.15, 0.2) is 5.75 Å². The third-order valence-corrected chi connectivity index (χ3v) is 3.43. The Labute approximate surface area is 120 Å². The van der Waals surface area contributed by atoms with Gasteiger partial charge in [0.1, 0.15) is 0 Å². The van der Waals surface area contributed by atoms with Crippen LogP contribution >= 0.6 is 0 Å². The van der Waals surface area contributed by atoms with Crippen LogP contribution in [0.1, 0.15) is 31.2 Å². The molecule has 5 heteroatoms. The van der Waals surface area contributed by atoms with Crippen molar-refractivity contribution in [1.29, 1.82) is 0 Å². The van der Waals surface area contributed by atoms with Gasteiger partial charge in [0.25, 0.3) is 0 Å². The summed E-state index contributed by atoms with van der Waals surface area (Å²) in [6.45, 7) is 6.72. The molecule has 0 aliphatic rings. The molecule has 0 aliphatic carbocycles. The van der Waals surface area contributed by atoms with Crippen LogP contribution in [0.25, 0.3) is 0 Å². The first kappa shape index (κ1) is 16.7. The van der Waals surface area contributed by atoms with Gasteiger partial charge in [-0.15, -0.1) is 0 Å².